The third kappa shape index (κ3) is 4.03. The van der Waals surface area contributed by atoms with Gasteiger partial charge in [0.15, 0.2) is 0 Å². The van der Waals surface area contributed by atoms with Gasteiger partial charge in [-0.3, -0.25) is 4.98 Å². The molecule has 1 aliphatic heterocycles. The van der Waals surface area contributed by atoms with Crippen molar-refractivity contribution in [2.75, 3.05) is 18.4 Å². The molecule has 7 heteroatoms. The van der Waals surface area contributed by atoms with E-state index in [2.05, 4.69) is 10.3 Å². The maximum atomic E-state index is 12.4. The maximum Gasteiger partial charge on any atom is 0.337 e. The molecule has 2 N–H and O–H groups in total. The number of carbonyl (C=O) groups is 2. The van der Waals surface area contributed by atoms with Crippen LogP contribution in [0.2, 0.25) is 5.02 Å². The number of carboxylic acid groups (broad SMARTS) is 1. The Bertz CT molecular complexity index is 878. The van der Waals surface area contributed by atoms with Crippen molar-refractivity contribution >= 4 is 34.9 Å². The van der Waals surface area contributed by atoms with Gasteiger partial charge in [-0.25, -0.2) is 9.59 Å². The number of hydrogen-bond donors (Lipinski definition) is 2. The van der Waals surface area contributed by atoms with Crippen LogP contribution in [0.3, 0.4) is 0 Å². The van der Waals surface area contributed by atoms with Gasteiger partial charge in [-0.1, -0.05) is 35.4 Å². The Morgan fingerprint density at radius 3 is 2.58 bits per heavy atom. The second-order valence-corrected chi connectivity index (χ2v) is 6.49. The molecule has 1 aromatic carbocycles. The van der Waals surface area contributed by atoms with Gasteiger partial charge in [0, 0.05) is 25.0 Å². The summed E-state index contributed by atoms with van der Waals surface area (Å²) < 4.78 is 0. The second-order valence-electron chi connectivity index (χ2n) is 6.08. The highest BCUT2D eigenvalue weighted by molar-refractivity contribution is 6.32. The van der Waals surface area contributed by atoms with E-state index in [0.717, 1.165) is 16.8 Å². The number of aromatic nitrogens is 1. The fourth-order valence-electron chi connectivity index (χ4n) is 2.70. The van der Waals surface area contributed by atoms with Crippen LogP contribution in [-0.4, -0.2) is 40.1 Å². The number of rotatable bonds is 3. The van der Waals surface area contributed by atoms with Crippen LogP contribution in [0.4, 0.5) is 10.5 Å². The number of nitrogens with one attached hydrogen (secondary N) is 1. The van der Waals surface area contributed by atoms with E-state index in [-0.39, 0.29) is 11.6 Å². The molecule has 134 valence electrons. The van der Waals surface area contributed by atoms with Crippen LogP contribution in [0.15, 0.2) is 42.6 Å². The molecule has 0 aliphatic carbocycles. The highest BCUT2D eigenvalue weighted by Crippen LogP contribution is 2.27. The molecule has 2 heterocycles. The molecular weight excluding hydrogens is 354 g/mol. The summed E-state index contributed by atoms with van der Waals surface area (Å²) in [6, 6.07) is 8.85. The normalized spacial score (nSPS) is 13.9. The van der Waals surface area contributed by atoms with E-state index in [0.29, 0.717) is 30.2 Å². The molecular formula is C19H18ClN3O3. The largest absolute Gasteiger partial charge is 0.478 e. The van der Waals surface area contributed by atoms with Crippen molar-refractivity contribution in [1.29, 1.82) is 0 Å². The number of anilines is 1. The minimum absolute atomic E-state index is 0.0502. The average Bonchev–Trinajstić information content (AvgIpc) is 2.63. The Morgan fingerprint density at radius 1 is 1.27 bits per heavy atom. The number of urea groups is 1. The molecule has 0 bridgehead atoms. The summed E-state index contributed by atoms with van der Waals surface area (Å²) in [6.07, 6.45) is 3.79. The number of carbonyl (C=O) groups excluding carboxylic acids is 1. The van der Waals surface area contributed by atoms with E-state index in [4.69, 9.17) is 16.7 Å². The van der Waals surface area contributed by atoms with Crippen molar-refractivity contribution in [3.05, 3.63) is 64.4 Å². The van der Waals surface area contributed by atoms with Crippen LogP contribution in [0.25, 0.3) is 5.57 Å². The van der Waals surface area contributed by atoms with Crippen LogP contribution in [-0.2, 0) is 0 Å². The smallest absolute Gasteiger partial charge is 0.337 e. The first-order chi connectivity index (χ1) is 12.4. The SMILES string of the molecule is Cc1ccc(NC(=O)N2CC=C(c3ncc(C(=O)O)cc3Cl)CC2)cc1. The first kappa shape index (κ1) is 17.9. The number of benzene rings is 1. The van der Waals surface area contributed by atoms with Gasteiger partial charge >= 0.3 is 12.0 Å². The van der Waals surface area contributed by atoms with E-state index >= 15 is 0 Å². The van der Waals surface area contributed by atoms with E-state index in [1.807, 2.05) is 37.3 Å². The fourth-order valence-corrected chi connectivity index (χ4v) is 2.99. The lowest BCUT2D eigenvalue weighted by molar-refractivity contribution is 0.0696. The number of pyridine rings is 1. The van der Waals surface area contributed by atoms with E-state index in [1.54, 1.807) is 4.90 Å². The predicted molar refractivity (Wildman–Crippen MR) is 101 cm³/mol. The molecule has 3 rings (SSSR count). The third-order valence-electron chi connectivity index (χ3n) is 4.19. The fraction of sp³-hybridized carbons (Fsp3) is 0.211. The molecule has 0 saturated carbocycles. The van der Waals surface area contributed by atoms with E-state index in [9.17, 15) is 9.59 Å². The standard InChI is InChI=1S/C19H18ClN3O3/c1-12-2-4-15(5-3-12)22-19(26)23-8-6-13(7-9-23)17-16(20)10-14(11-21-17)18(24)25/h2-6,10-11H,7-9H2,1H3,(H,22,26)(H,24,25). The summed E-state index contributed by atoms with van der Waals surface area (Å²) in [4.78, 5) is 29.2. The zero-order chi connectivity index (χ0) is 18.7. The molecule has 26 heavy (non-hydrogen) atoms. The van der Waals surface area contributed by atoms with Crippen LogP contribution in [0, 0.1) is 6.92 Å². The van der Waals surface area contributed by atoms with Crippen LogP contribution >= 0.6 is 11.6 Å². The van der Waals surface area contributed by atoms with Crippen molar-refractivity contribution in [3.63, 3.8) is 0 Å². The summed E-state index contributed by atoms with van der Waals surface area (Å²) in [5.41, 5.74) is 3.41. The number of halogens is 1. The van der Waals surface area contributed by atoms with Gasteiger partial charge in [-0.15, -0.1) is 0 Å². The van der Waals surface area contributed by atoms with Crippen molar-refractivity contribution < 1.29 is 14.7 Å². The average molecular weight is 372 g/mol. The number of aromatic carboxylic acids is 1. The first-order valence-corrected chi connectivity index (χ1v) is 8.52. The van der Waals surface area contributed by atoms with Gasteiger partial charge in [0.2, 0.25) is 0 Å². The van der Waals surface area contributed by atoms with Gasteiger partial charge in [0.1, 0.15) is 0 Å². The summed E-state index contributed by atoms with van der Waals surface area (Å²) in [5, 5.41) is 12.2. The summed E-state index contributed by atoms with van der Waals surface area (Å²) in [6.45, 7) is 2.96. The molecule has 0 fully saturated rings. The van der Waals surface area contributed by atoms with Gasteiger partial charge in [-0.05, 0) is 37.1 Å². The molecule has 1 aromatic heterocycles. The van der Waals surface area contributed by atoms with E-state index in [1.165, 1.54) is 12.3 Å². The van der Waals surface area contributed by atoms with Gasteiger partial charge < -0.3 is 15.3 Å². The molecule has 2 amide bonds. The monoisotopic (exact) mass is 371 g/mol. The summed E-state index contributed by atoms with van der Waals surface area (Å²) in [7, 11) is 0. The van der Waals surface area contributed by atoms with Crippen molar-refractivity contribution in [1.82, 2.24) is 9.88 Å². The van der Waals surface area contributed by atoms with Crippen LogP contribution in [0.1, 0.15) is 28.0 Å². The molecule has 0 atom stereocenters. The Kier molecular flexibility index (Phi) is 5.23. The lowest BCUT2D eigenvalue weighted by atomic mass is 10.0. The molecule has 2 aromatic rings. The number of carboxylic acids is 1. The highest BCUT2D eigenvalue weighted by Gasteiger charge is 2.20. The Balaban J connectivity index is 1.67. The van der Waals surface area contributed by atoms with Crippen molar-refractivity contribution in [3.8, 4) is 0 Å². The van der Waals surface area contributed by atoms with E-state index < -0.39 is 5.97 Å². The van der Waals surface area contributed by atoms with Crippen molar-refractivity contribution in [2.45, 2.75) is 13.3 Å². The third-order valence-corrected chi connectivity index (χ3v) is 4.48. The predicted octanol–water partition coefficient (Wildman–Crippen LogP) is 4.06. The number of hydrogen-bond acceptors (Lipinski definition) is 3. The van der Waals surface area contributed by atoms with Crippen LogP contribution < -0.4 is 5.32 Å². The molecule has 1 aliphatic rings. The Labute approximate surface area is 156 Å². The van der Waals surface area contributed by atoms with Gasteiger partial charge in [0.25, 0.3) is 0 Å². The first-order valence-electron chi connectivity index (χ1n) is 8.15. The molecule has 0 radical (unpaired) electrons. The zero-order valence-corrected chi connectivity index (χ0v) is 15.0. The van der Waals surface area contributed by atoms with Gasteiger partial charge in [0.05, 0.1) is 16.3 Å². The minimum Gasteiger partial charge on any atom is -0.478 e. The quantitative estimate of drug-likeness (QED) is 0.852. The molecule has 6 nitrogen and oxygen atoms in total. The van der Waals surface area contributed by atoms with Crippen LogP contribution in [0.5, 0.6) is 0 Å². The molecule has 0 saturated heterocycles. The summed E-state index contributed by atoms with van der Waals surface area (Å²) in [5.74, 6) is -1.07. The Morgan fingerprint density at radius 2 is 2.00 bits per heavy atom. The zero-order valence-electron chi connectivity index (χ0n) is 14.2. The lowest BCUT2D eigenvalue weighted by Crippen LogP contribution is -2.37. The topological polar surface area (TPSA) is 82.5 Å². The maximum absolute atomic E-state index is 12.4. The molecule has 0 unspecified atom stereocenters. The molecule has 0 spiro atoms. The Hall–Kier alpha value is -2.86. The number of nitrogens with zero attached hydrogens (tertiary/aromatic N) is 2. The summed E-state index contributed by atoms with van der Waals surface area (Å²) >= 11 is 6.17. The second kappa shape index (κ2) is 7.58. The van der Waals surface area contributed by atoms with Crippen molar-refractivity contribution in [2.24, 2.45) is 0 Å². The minimum atomic E-state index is -1.07. The highest BCUT2D eigenvalue weighted by atomic mass is 35.5. The number of amides is 2. The van der Waals surface area contributed by atoms with Gasteiger partial charge in [-0.2, -0.15) is 0 Å². The lowest BCUT2D eigenvalue weighted by Gasteiger charge is -2.26. The number of aryl methyl sites for hydroxylation is 1.